The van der Waals surface area contributed by atoms with E-state index in [1.165, 1.54) is 38.4 Å². The lowest BCUT2D eigenvalue weighted by atomic mass is 10.1. The molecule has 9 nitrogen and oxygen atoms in total. The van der Waals surface area contributed by atoms with Crippen LogP contribution in [0.25, 0.3) is 0 Å². The molecule has 0 aromatic heterocycles. The average Bonchev–Trinajstić information content (AvgIpc) is 3.07. The zero-order chi connectivity index (χ0) is 22.5. The number of carbonyl (C=O) groups excluding carboxylic acids is 2. The van der Waals surface area contributed by atoms with Crippen LogP contribution in [-0.4, -0.2) is 77.2 Å². The number of esters is 1. The van der Waals surface area contributed by atoms with Crippen LogP contribution in [0.2, 0.25) is 0 Å². The predicted octanol–water partition coefficient (Wildman–Crippen LogP) is 1.54. The number of rotatable bonds is 9. The van der Waals surface area contributed by atoms with E-state index >= 15 is 0 Å². The van der Waals surface area contributed by atoms with E-state index in [0.717, 1.165) is 0 Å². The molecule has 0 aliphatic carbocycles. The number of benzene rings is 1. The summed E-state index contributed by atoms with van der Waals surface area (Å²) < 4.78 is 44.5. The van der Waals surface area contributed by atoms with Crippen LogP contribution in [0.5, 0.6) is 17.2 Å². The molecule has 1 atom stereocenters. The normalized spacial score (nSPS) is 17.5. The van der Waals surface area contributed by atoms with E-state index in [4.69, 9.17) is 18.9 Å². The maximum Gasteiger partial charge on any atom is 0.338 e. The quantitative estimate of drug-likeness (QED) is 0.529. The highest BCUT2D eigenvalue weighted by atomic mass is 32.2. The highest BCUT2D eigenvalue weighted by Gasteiger charge is 2.35. The average molecular weight is 444 g/mol. The molecule has 1 aliphatic heterocycles. The fourth-order valence-electron chi connectivity index (χ4n) is 3.36. The molecule has 0 bridgehead atoms. The molecule has 10 heteroatoms. The van der Waals surface area contributed by atoms with Crippen molar-refractivity contribution in [3.05, 3.63) is 17.7 Å². The van der Waals surface area contributed by atoms with Gasteiger partial charge in [-0.25, -0.2) is 13.2 Å². The Kier molecular flexibility index (Phi) is 7.94. The fourth-order valence-corrected chi connectivity index (χ4v) is 5.09. The summed E-state index contributed by atoms with van der Waals surface area (Å²) in [6, 6.07) is 2.47. The predicted molar refractivity (Wildman–Crippen MR) is 110 cm³/mol. The minimum Gasteiger partial charge on any atom is -0.493 e. The third-order valence-corrected chi connectivity index (χ3v) is 6.51. The highest BCUT2D eigenvalue weighted by molar-refractivity contribution is 7.91. The second-order valence-corrected chi connectivity index (χ2v) is 9.72. The van der Waals surface area contributed by atoms with Crippen molar-refractivity contribution in [2.24, 2.45) is 5.92 Å². The molecule has 168 valence electrons. The molecule has 1 fully saturated rings. The van der Waals surface area contributed by atoms with Crippen molar-refractivity contribution in [2.75, 3.05) is 46.0 Å². The molecule has 1 aliphatic rings. The number of carbonyl (C=O) groups is 2. The number of sulfone groups is 1. The molecule has 2 rings (SSSR count). The van der Waals surface area contributed by atoms with Crippen molar-refractivity contribution in [3.8, 4) is 17.2 Å². The van der Waals surface area contributed by atoms with Gasteiger partial charge in [0.1, 0.15) is 0 Å². The molecule has 1 heterocycles. The van der Waals surface area contributed by atoms with Crippen LogP contribution >= 0.6 is 0 Å². The zero-order valence-electron chi connectivity index (χ0n) is 18.0. The Morgan fingerprint density at radius 1 is 1.10 bits per heavy atom. The molecular weight excluding hydrogens is 414 g/mol. The lowest BCUT2D eigenvalue weighted by Crippen LogP contribution is -2.45. The van der Waals surface area contributed by atoms with Crippen LogP contribution < -0.4 is 14.2 Å². The zero-order valence-corrected chi connectivity index (χ0v) is 18.8. The summed E-state index contributed by atoms with van der Waals surface area (Å²) in [5.74, 6) is -0.115. The molecule has 1 aromatic rings. The van der Waals surface area contributed by atoms with E-state index in [2.05, 4.69) is 0 Å². The van der Waals surface area contributed by atoms with Crippen LogP contribution in [0.15, 0.2) is 12.1 Å². The van der Waals surface area contributed by atoms with E-state index in [1.54, 1.807) is 0 Å². The largest absolute Gasteiger partial charge is 0.493 e. The van der Waals surface area contributed by atoms with Gasteiger partial charge in [0.15, 0.2) is 27.9 Å². The second kappa shape index (κ2) is 10.0. The van der Waals surface area contributed by atoms with E-state index in [1.807, 2.05) is 13.8 Å². The lowest BCUT2D eigenvalue weighted by molar-refractivity contribution is -0.137. The van der Waals surface area contributed by atoms with Crippen molar-refractivity contribution in [2.45, 2.75) is 26.3 Å². The van der Waals surface area contributed by atoms with Gasteiger partial charge in [0.05, 0.1) is 38.4 Å². The number of hydrogen-bond donors (Lipinski definition) is 0. The van der Waals surface area contributed by atoms with Crippen molar-refractivity contribution in [1.82, 2.24) is 4.90 Å². The Morgan fingerprint density at radius 2 is 1.70 bits per heavy atom. The number of amides is 1. The molecule has 30 heavy (non-hydrogen) atoms. The smallest absolute Gasteiger partial charge is 0.338 e. The van der Waals surface area contributed by atoms with Gasteiger partial charge in [0.25, 0.3) is 5.91 Å². The monoisotopic (exact) mass is 443 g/mol. The summed E-state index contributed by atoms with van der Waals surface area (Å²) in [7, 11) is 1.15. The van der Waals surface area contributed by atoms with Gasteiger partial charge >= 0.3 is 5.97 Å². The fraction of sp³-hybridized carbons (Fsp3) is 0.600. The third-order valence-electron chi connectivity index (χ3n) is 4.76. The molecular formula is C20H29NO8S. The van der Waals surface area contributed by atoms with Gasteiger partial charge in [-0.15, -0.1) is 0 Å². The SMILES string of the molecule is COc1cc(C(=O)OCC(=O)N(CC(C)C)C2CCS(=O)(=O)C2)cc(OC)c1OC. The minimum absolute atomic E-state index is 0.0603. The number of methoxy groups -OCH3 is 3. The summed E-state index contributed by atoms with van der Waals surface area (Å²) in [5.41, 5.74) is 0.135. The highest BCUT2D eigenvalue weighted by Crippen LogP contribution is 2.38. The Hall–Kier alpha value is -2.49. The second-order valence-electron chi connectivity index (χ2n) is 7.49. The van der Waals surface area contributed by atoms with Gasteiger partial charge in [-0.1, -0.05) is 13.8 Å². The molecule has 0 saturated carbocycles. The van der Waals surface area contributed by atoms with E-state index in [9.17, 15) is 18.0 Å². The maximum absolute atomic E-state index is 12.7. The van der Waals surface area contributed by atoms with Crippen LogP contribution in [0, 0.1) is 5.92 Å². The van der Waals surface area contributed by atoms with Crippen molar-refractivity contribution >= 4 is 21.7 Å². The summed E-state index contributed by atoms with van der Waals surface area (Å²) in [5, 5.41) is 0. The van der Waals surface area contributed by atoms with E-state index in [0.29, 0.717) is 18.7 Å². The summed E-state index contributed by atoms with van der Waals surface area (Å²) >= 11 is 0. The Labute approximate surface area is 177 Å². The number of nitrogens with zero attached hydrogens (tertiary/aromatic N) is 1. The molecule has 0 spiro atoms. The van der Waals surface area contributed by atoms with Gasteiger partial charge in [0, 0.05) is 12.6 Å². The van der Waals surface area contributed by atoms with Crippen molar-refractivity contribution < 1.29 is 37.0 Å². The molecule has 1 unspecified atom stereocenters. The van der Waals surface area contributed by atoms with Crippen molar-refractivity contribution in [1.29, 1.82) is 0 Å². The molecule has 0 N–H and O–H groups in total. The Morgan fingerprint density at radius 3 is 2.13 bits per heavy atom. The number of hydrogen-bond acceptors (Lipinski definition) is 8. The molecule has 1 saturated heterocycles. The maximum atomic E-state index is 12.7. The standard InChI is InChI=1S/C20H29NO8S/c1-13(2)10-21(15-6-7-30(24,25)12-15)18(22)11-29-20(23)14-8-16(26-3)19(28-5)17(9-14)27-4/h8-9,13,15H,6-7,10-12H2,1-5H3. The first kappa shape index (κ1) is 23.8. The van der Waals surface area contributed by atoms with Crippen LogP contribution in [-0.2, 0) is 19.4 Å². The minimum atomic E-state index is -3.15. The van der Waals surface area contributed by atoms with Gasteiger partial charge in [-0.3, -0.25) is 4.79 Å². The molecule has 1 amide bonds. The van der Waals surface area contributed by atoms with Crippen LogP contribution in [0.1, 0.15) is 30.6 Å². The van der Waals surface area contributed by atoms with Gasteiger partial charge in [-0.05, 0) is 24.5 Å². The molecule has 1 aromatic carbocycles. The van der Waals surface area contributed by atoms with Crippen LogP contribution in [0.3, 0.4) is 0 Å². The summed E-state index contributed by atoms with van der Waals surface area (Å²) in [4.78, 5) is 26.8. The first-order valence-corrected chi connectivity index (χ1v) is 11.4. The molecule has 0 radical (unpaired) electrons. The van der Waals surface area contributed by atoms with E-state index < -0.39 is 34.4 Å². The Balaban J connectivity index is 2.12. The first-order valence-electron chi connectivity index (χ1n) is 9.58. The topological polar surface area (TPSA) is 108 Å². The third kappa shape index (κ3) is 5.78. The number of ether oxygens (including phenoxy) is 4. The Bertz CT molecular complexity index is 856. The van der Waals surface area contributed by atoms with Crippen molar-refractivity contribution in [3.63, 3.8) is 0 Å². The van der Waals surface area contributed by atoms with Gasteiger partial charge in [-0.2, -0.15) is 0 Å². The van der Waals surface area contributed by atoms with Crippen LogP contribution in [0.4, 0.5) is 0 Å². The summed E-state index contributed by atoms with van der Waals surface area (Å²) in [6.45, 7) is 3.77. The summed E-state index contributed by atoms with van der Waals surface area (Å²) in [6.07, 6.45) is 0.390. The van der Waals surface area contributed by atoms with Gasteiger partial charge in [0.2, 0.25) is 5.75 Å². The van der Waals surface area contributed by atoms with E-state index in [-0.39, 0.29) is 34.5 Å². The first-order chi connectivity index (χ1) is 14.1. The van der Waals surface area contributed by atoms with Gasteiger partial charge < -0.3 is 23.8 Å². The lowest BCUT2D eigenvalue weighted by Gasteiger charge is -2.29.